The van der Waals surface area contributed by atoms with E-state index in [2.05, 4.69) is 5.32 Å². The minimum Gasteiger partial charge on any atom is -0.295 e. The second-order valence-corrected chi connectivity index (χ2v) is 3.63. The zero-order valence-electron chi connectivity index (χ0n) is 8.25. The van der Waals surface area contributed by atoms with E-state index in [0.29, 0.717) is 6.42 Å². The lowest BCUT2D eigenvalue weighted by Gasteiger charge is -2.25. The third kappa shape index (κ3) is 2.32. The number of unbranched alkanes of at least 4 members (excludes halogenated alkanes) is 1. The highest BCUT2D eigenvalue weighted by atomic mass is 16.2. The standard InChI is InChI=1S/C10H14N2O2/c1-2-3-4-7-5-9(13)12-10(14)8(7)6-11/h7-8H,2-5H2,1H3,(H,12,13,14). The SMILES string of the molecule is CCCCC1CC(=O)NC(=O)C1C#N. The lowest BCUT2D eigenvalue weighted by Crippen LogP contribution is -2.45. The van der Waals surface area contributed by atoms with Gasteiger partial charge in [0.2, 0.25) is 11.8 Å². The first kappa shape index (κ1) is 10.7. The van der Waals surface area contributed by atoms with Gasteiger partial charge in [0.15, 0.2) is 0 Å². The van der Waals surface area contributed by atoms with E-state index in [-0.39, 0.29) is 11.8 Å². The van der Waals surface area contributed by atoms with Gasteiger partial charge in [-0.25, -0.2) is 0 Å². The molecule has 0 aromatic carbocycles. The Labute approximate surface area is 83.3 Å². The molecule has 1 aliphatic heterocycles. The monoisotopic (exact) mass is 194 g/mol. The Hall–Kier alpha value is -1.37. The molecule has 0 bridgehead atoms. The highest BCUT2D eigenvalue weighted by molar-refractivity contribution is 6.00. The molecule has 4 nitrogen and oxygen atoms in total. The first-order valence-electron chi connectivity index (χ1n) is 4.92. The highest BCUT2D eigenvalue weighted by Gasteiger charge is 2.35. The van der Waals surface area contributed by atoms with Crippen LogP contribution in [0.3, 0.4) is 0 Å². The normalized spacial score (nSPS) is 26.9. The summed E-state index contributed by atoms with van der Waals surface area (Å²) in [6, 6.07) is 1.97. The van der Waals surface area contributed by atoms with Crippen molar-refractivity contribution in [2.45, 2.75) is 32.6 Å². The Bertz CT molecular complexity index is 280. The maximum atomic E-state index is 11.3. The molecule has 4 heteroatoms. The lowest BCUT2D eigenvalue weighted by atomic mass is 9.83. The number of nitrogens with zero attached hydrogens (tertiary/aromatic N) is 1. The summed E-state index contributed by atoms with van der Waals surface area (Å²) < 4.78 is 0. The second kappa shape index (κ2) is 4.75. The van der Waals surface area contributed by atoms with E-state index in [1.807, 2.05) is 13.0 Å². The summed E-state index contributed by atoms with van der Waals surface area (Å²) in [5.41, 5.74) is 0. The van der Waals surface area contributed by atoms with E-state index >= 15 is 0 Å². The van der Waals surface area contributed by atoms with Gasteiger partial charge in [-0.15, -0.1) is 0 Å². The van der Waals surface area contributed by atoms with Crippen LogP contribution in [0.4, 0.5) is 0 Å². The van der Waals surface area contributed by atoms with E-state index in [1.165, 1.54) is 0 Å². The predicted octanol–water partition coefficient (Wildman–Crippen LogP) is 0.979. The largest absolute Gasteiger partial charge is 0.295 e. The smallest absolute Gasteiger partial charge is 0.244 e. The number of amides is 2. The Kier molecular flexibility index (Phi) is 3.63. The average molecular weight is 194 g/mol. The van der Waals surface area contributed by atoms with Crippen molar-refractivity contribution in [3.8, 4) is 6.07 Å². The third-order valence-corrected chi connectivity index (χ3v) is 2.53. The Morgan fingerprint density at radius 3 is 2.86 bits per heavy atom. The fraction of sp³-hybridized carbons (Fsp3) is 0.700. The van der Waals surface area contributed by atoms with Gasteiger partial charge in [-0.1, -0.05) is 19.8 Å². The fourth-order valence-electron chi connectivity index (χ4n) is 1.74. The van der Waals surface area contributed by atoms with Crippen molar-refractivity contribution in [2.24, 2.45) is 11.8 Å². The second-order valence-electron chi connectivity index (χ2n) is 3.63. The average Bonchev–Trinajstić information content (AvgIpc) is 2.14. The van der Waals surface area contributed by atoms with Crippen molar-refractivity contribution < 1.29 is 9.59 Å². The summed E-state index contributed by atoms with van der Waals surface area (Å²) in [6.45, 7) is 2.05. The van der Waals surface area contributed by atoms with Gasteiger partial charge in [0, 0.05) is 6.42 Å². The van der Waals surface area contributed by atoms with E-state index < -0.39 is 11.8 Å². The van der Waals surface area contributed by atoms with Gasteiger partial charge >= 0.3 is 0 Å². The molecule has 1 heterocycles. The molecule has 0 spiro atoms. The van der Waals surface area contributed by atoms with Crippen LogP contribution in [0.15, 0.2) is 0 Å². The number of hydrogen-bond donors (Lipinski definition) is 1. The molecule has 2 atom stereocenters. The molecule has 1 aliphatic rings. The molecule has 76 valence electrons. The van der Waals surface area contributed by atoms with Crippen LogP contribution in [0.5, 0.6) is 0 Å². The first-order chi connectivity index (χ1) is 6.69. The summed E-state index contributed by atoms with van der Waals surface area (Å²) in [6.07, 6.45) is 3.08. The number of hydrogen-bond acceptors (Lipinski definition) is 3. The van der Waals surface area contributed by atoms with Crippen LogP contribution in [0, 0.1) is 23.2 Å². The van der Waals surface area contributed by atoms with Crippen LogP contribution < -0.4 is 5.32 Å². The van der Waals surface area contributed by atoms with Crippen LogP contribution in [0.1, 0.15) is 32.6 Å². The molecule has 1 rings (SSSR count). The van der Waals surface area contributed by atoms with E-state index in [1.54, 1.807) is 0 Å². The molecular weight excluding hydrogens is 180 g/mol. The number of carbonyl (C=O) groups is 2. The first-order valence-corrected chi connectivity index (χ1v) is 4.92. The predicted molar refractivity (Wildman–Crippen MR) is 49.9 cm³/mol. The van der Waals surface area contributed by atoms with Gasteiger partial charge in [0.05, 0.1) is 6.07 Å². The molecule has 14 heavy (non-hydrogen) atoms. The molecule has 0 aliphatic carbocycles. The lowest BCUT2D eigenvalue weighted by molar-refractivity contribution is -0.137. The maximum Gasteiger partial charge on any atom is 0.244 e. The van der Waals surface area contributed by atoms with Crippen LogP contribution in [-0.2, 0) is 9.59 Å². The summed E-state index contributed by atoms with van der Waals surface area (Å²) in [5.74, 6) is -1.40. The molecule has 1 saturated heterocycles. The molecule has 1 N–H and O–H groups in total. The van der Waals surface area contributed by atoms with Gasteiger partial charge in [-0.2, -0.15) is 5.26 Å². The fourth-order valence-corrected chi connectivity index (χ4v) is 1.74. The maximum absolute atomic E-state index is 11.3. The quantitative estimate of drug-likeness (QED) is 0.681. The van der Waals surface area contributed by atoms with Crippen molar-refractivity contribution in [3.05, 3.63) is 0 Å². The van der Waals surface area contributed by atoms with Crippen LogP contribution in [-0.4, -0.2) is 11.8 Å². The molecule has 0 radical (unpaired) electrons. The Morgan fingerprint density at radius 2 is 2.29 bits per heavy atom. The number of carbonyl (C=O) groups excluding carboxylic acids is 2. The third-order valence-electron chi connectivity index (χ3n) is 2.53. The number of nitrogens with one attached hydrogen (secondary N) is 1. The molecular formula is C10H14N2O2. The highest BCUT2D eigenvalue weighted by Crippen LogP contribution is 2.25. The van der Waals surface area contributed by atoms with E-state index in [9.17, 15) is 9.59 Å². The summed E-state index contributed by atoms with van der Waals surface area (Å²) in [7, 11) is 0. The van der Waals surface area contributed by atoms with Gasteiger partial charge in [-0.3, -0.25) is 14.9 Å². The minimum atomic E-state index is -0.640. The van der Waals surface area contributed by atoms with E-state index in [0.717, 1.165) is 19.3 Å². The van der Waals surface area contributed by atoms with Crippen molar-refractivity contribution >= 4 is 11.8 Å². The summed E-state index contributed by atoms with van der Waals surface area (Å²) >= 11 is 0. The van der Waals surface area contributed by atoms with Gasteiger partial charge in [0.25, 0.3) is 0 Å². The molecule has 0 saturated carbocycles. The summed E-state index contributed by atoms with van der Waals surface area (Å²) in [4.78, 5) is 22.3. The number of rotatable bonds is 3. The van der Waals surface area contributed by atoms with Gasteiger partial charge in [-0.05, 0) is 12.3 Å². The van der Waals surface area contributed by atoms with Crippen LogP contribution in [0.2, 0.25) is 0 Å². The van der Waals surface area contributed by atoms with Crippen molar-refractivity contribution in [2.75, 3.05) is 0 Å². The minimum absolute atomic E-state index is 0.0822. The molecule has 2 amide bonds. The van der Waals surface area contributed by atoms with Gasteiger partial charge < -0.3 is 0 Å². The summed E-state index contributed by atoms with van der Waals surface area (Å²) in [5, 5.41) is 11.0. The number of nitriles is 1. The molecule has 1 fully saturated rings. The number of piperidine rings is 1. The molecule has 0 aromatic rings. The number of imide groups is 1. The van der Waals surface area contributed by atoms with Gasteiger partial charge in [0.1, 0.15) is 5.92 Å². The zero-order chi connectivity index (χ0) is 10.6. The zero-order valence-corrected chi connectivity index (χ0v) is 8.25. The van der Waals surface area contributed by atoms with E-state index in [4.69, 9.17) is 5.26 Å². The van der Waals surface area contributed by atoms with Crippen LogP contribution >= 0.6 is 0 Å². The Balaban J connectivity index is 2.64. The topological polar surface area (TPSA) is 70.0 Å². The van der Waals surface area contributed by atoms with Crippen LogP contribution in [0.25, 0.3) is 0 Å². The molecule has 0 aromatic heterocycles. The van der Waals surface area contributed by atoms with Crippen molar-refractivity contribution in [1.82, 2.24) is 5.32 Å². The van der Waals surface area contributed by atoms with Crippen molar-refractivity contribution in [3.63, 3.8) is 0 Å². The molecule has 2 unspecified atom stereocenters. The van der Waals surface area contributed by atoms with Crippen molar-refractivity contribution in [1.29, 1.82) is 5.26 Å². The Morgan fingerprint density at radius 1 is 1.57 bits per heavy atom.